The third-order valence-corrected chi connectivity index (χ3v) is 2.21. The Labute approximate surface area is 116 Å². The van der Waals surface area contributed by atoms with Crippen LogP contribution in [0.15, 0.2) is 47.3 Å². The Balaban J connectivity index is 0.00000128. The van der Waals surface area contributed by atoms with E-state index in [0.717, 1.165) is 5.56 Å². The number of aliphatic imine (C=N–C) groups is 1. The van der Waals surface area contributed by atoms with Crippen molar-refractivity contribution in [3.63, 3.8) is 0 Å². The van der Waals surface area contributed by atoms with E-state index in [1.165, 1.54) is 4.90 Å². The van der Waals surface area contributed by atoms with Crippen LogP contribution >= 0.6 is 0 Å². The number of amidine groups is 1. The van der Waals surface area contributed by atoms with Crippen molar-refractivity contribution in [2.75, 3.05) is 7.05 Å². The molecule has 1 aromatic rings. The predicted molar refractivity (Wildman–Crippen MR) is 53.8 cm³/mol. The summed E-state index contributed by atoms with van der Waals surface area (Å²) >= 11 is 0. The number of benzene rings is 1. The third-order valence-electron chi connectivity index (χ3n) is 2.21. The molecule has 0 spiro atoms. The number of amides is 1. The summed E-state index contributed by atoms with van der Waals surface area (Å²) in [6.45, 7) is 0. The number of likely N-dealkylation sites (N-methyl/N-ethyl adjacent to an activating group) is 1. The smallest absolute Gasteiger partial charge is 0.876 e. The van der Waals surface area contributed by atoms with E-state index in [-0.39, 0.29) is 41.2 Å². The van der Waals surface area contributed by atoms with Crippen molar-refractivity contribution < 1.29 is 39.5 Å². The molecule has 1 heterocycles. The summed E-state index contributed by atoms with van der Waals surface area (Å²) in [5.41, 5.74) is 0.779. The van der Waals surface area contributed by atoms with Gasteiger partial charge in [-0.1, -0.05) is 30.3 Å². The van der Waals surface area contributed by atoms with E-state index in [9.17, 15) is 9.90 Å². The van der Waals surface area contributed by atoms with Gasteiger partial charge in [0.1, 0.15) is 11.5 Å². The first-order valence-corrected chi connectivity index (χ1v) is 4.48. The molecule has 2 rings (SSSR count). The summed E-state index contributed by atoms with van der Waals surface area (Å²) in [4.78, 5) is 16.8. The van der Waals surface area contributed by atoms with Crippen molar-refractivity contribution in [3.05, 3.63) is 47.9 Å². The second-order valence-electron chi connectivity index (χ2n) is 3.17. The fourth-order valence-electron chi connectivity index (χ4n) is 1.43. The van der Waals surface area contributed by atoms with E-state index >= 15 is 0 Å². The first kappa shape index (κ1) is 13.0. The zero-order valence-corrected chi connectivity index (χ0v) is 11.2. The van der Waals surface area contributed by atoms with E-state index in [4.69, 9.17) is 0 Å². The van der Waals surface area contributed by atoms with Gasteiger partial charge in [0.25, 0.3) is 5.91 Å². The molecule has 16 heavy (non-hydrogen) atoms. The minimum atomic E-state index is -0.358. The van der Waals surface area contributed by atoms with E-state index < -0.39 is 0 Å². The molecular formula is C11H9N2NaO2. The largest absolute Gasteiger partial charge is 1.00 e. The van der Waals surface area contributed by atoms with E-state index in [0.29, 0.717) is 12.1 Å². The Hall–Kier alpha value is -1.10. The van der Waals surface area contributed by atoms with Gasteiger partial charge in [0.05, 0.1) is 0 Å². The quantitative estimate of drug-likeness (QED) is 0.292. The Bertz CT molecular complexity index is 454. The second-order valence-corrected chi connectivity index (χ2v) is 3.17. The summed E-state index contributed by atoms with van der Waals surface area (Å²) in [6.07, 6.45) is 0.481. The molecule has 0 saturated carbocycles. The Morgan fingerprint density at radius 3 is 2.44 bits per heavy atom. The van der Waals surface area contributed by atoms with Crippen LogP contribution in [-0.2, 0) is 4.79 Å². The summed E-state index contributed by atoms with van der Waals surface area (Å²) in [6, 6.07) is 9.28. The normalized spacial score (nSPS) is 17.3. The van der Waals surface area contributed by atoms with Crippen molar-refractivity contribution in [2.24, 2.45) is 4.99 Å². The zero-order valence-electron chi connectivity index (χ0n) is 9.18. The molecule has 0 N–H and O–H groups in total. The average Bonchev–Trinajstić information content (AvgIpc) is 2.57. The van der Waals surface area contributed by atoms with E-state index in [1.54, 1.807) is 7.05 Å². The minimum absolute atomic E-state index is 0. The number of nitrogens with zero attached hydrogens (tertiary/aromatic N) is 2. The fraction of sp³-hybridized carbons (Fsp3) is 0.0909. The molecular weight excluding hydrogens is 215 g/mol. The van der Waals surface area contributed by atoms with Crippen LogP contribution in [0.2, 0.25) is 0 Å². The van der Waals surface area contributed by atoms with E-state index in [2.05, 4.69) is 4.99 Å². The van der Waals surface area contributed by atoms with Gasteiger partial charge in [-0.05, 0) is 0 Å². The molecule has 76 valence electrons. The standard InChI is InChI=1S/C11H10N2O2.Na/c1-13-10(8-5-3-2-4-6-8)12-9(7-14)11(13)15;/h2-7,14H,1H3;/q;+1/p-1/b9-7-;. The van der Waals surface area contributed by atoms with Crippen molar-refractivity contribution in [3.8, 4) is 0 Å². The van der Waals surface area contributed by atoms with Gasteiger partial charge in [0.15, 0.2) is 0 Å². The molecule has 0 bridgehead atoms. The maximum atomic E-state index is 11.5. The molecule has 0 aromatic heterocycles. The Kier molecular flexibility index (Phi) is 4.29. The van der Waals surface area contributed by atoms with Crippen LogP contribution in [0.5, 0.6) is 0 Å². The van der Waals surface area contributed by atoms with Gasteiger partial charge in [-0.2, -0.15) is 0 Å². The number of rotatable bonds is 1. The number of hydrogen-bond donors (Lipinski definition) is 0. The number of carbonyl (C=O) groups excluding carboxylic acids is 1. The zero-order chi connectivity index (χ0) is 10.8. The molecule has 1 amide bonds. The van der Waals surface area contributed by atoms with Gasteiger partial charge in [0.2, 0.25) is 0 Å². The second kappa shape index (κ2) is 5.30. The van der Waals surface area contributed by atoms with Crippen LogP contribution < -0.4 is 34.7 Å². The van der Waals surface area contributed by atoms with Crippen LogP contribution in [0.1, 0.15) is 5.56 Å². The summed E-state index contributed by atoms with van der Waals surface area (Å²) in [5.74, 6) is 0.159. The molecule has 1 aliphatic heterocycles. The monoisotopic (exact) mass is 224 g/mol. The first-order chi connectivity index (χ1) is 7.24. The summed E-state index contributed by atoms with van der Waals surface area (Å²) in [5, 5.41) is 10.5. The molecule has 0 radical (unpaired) electrons. The molecule has 1 aliphatic rings. The van der Waals surface area contributed by atoms with Crippen molar-refractivity contribution in [1.82, 2.24) is 4.90 Å². The molecule has 0 fully saturated rings. The molecule has 0 unspecified atom stereocenters. The fourth-order valence-corrected chi connectivity index (χ4v) is 1.43. The van der Waals surface area contributed by atoms with Crippen molar-refractivity contribution in [2.45, 2.75) is 0 Å². The van der Waals surface area contributed by atoms with Gasteiger partial charge in [-0.15, -0.1) is 6.26 Å². The van der Waals surface area contributed by atoms with Crippen LogP contribution in [0.3, 0.4) is 0 Å². The van der Waals surface area contributed by atoms with Gasteiger partial charge in [0, 0.05) is 12.6 Å². The van der Waals surface area contributed by atoms with Crippen LogP contribution in [0, 0.1) is 0 Å². The SMILES string of the molecule is CN1C(=O)/C(=C/[O-])N=C1c1ccccc1.[Na+]. The van der Waals surface area contributed by atoms with Gasteiger partial charge in [-0.25, -0.2) is 4.99 Å². The third kappa shape index (κ3) is 2.19. The van der Waals surface area contributed by atoms with Crippen LogP contribution in [0.4, 0.5) is 0 Å². The van der Waals surface area contributed by atoms with Crippen LogP contribution in [0.25, 0.3) is 0 Å². The molecule has 0 atom stereocenters. The molecule has 1 aromatic carbocycles. The van der Waals surface area contributed by atoms with Gasteiger partial charge in [-0.3, -0.25) is 9.69 Å². The Morgan fingerprint density at radius 1 is 1.31 bits per heavy atom. The number of hydrogen-bond acceptors (Lipinski definition) is 3. The number of carbonyl (C=O) groups is 1. The minimum Gasteiger partial charge on any atom is -0.876 e. The summed E-state index contributed by atoms with van der Waals surface area (Å²) in [7, 11) is 1.60. The van der Waals surface area contributed by atoms with Crippen LogP contribution in [-0.4, -0.2) is 23.7 Å². The van der Waals surface area contributed by atoms with E-state index in [1.807, 2.05) is 30.3 Å². The maximum absolute atomic E-state index is 11.5. The Morgan fingerprint density at radius 2 is 1.94 bits per heavy atom. The summed E-state index contributed by atoms with van der Waals surface area (Å²) < 4.78 is 0. The van der Waals surface area contributed by atoms with Crippen molar-refractivity contribution >= 4 is 11.7 Å². The van der Waals surface area contributed by atoms with Gasteiger partial charge < -0.3 is 5.11 Å². The molecule has 0 aliphatic carbocycles. The average molecular weight is 224 g/mol. The topological polar surface area (TPSA) is 55.7 Å². The maximum Gasteiger partial charge on any atom is 1.00 e. The van der Waals surface area contributed by atoms with Crippen molar-refractivity contribution in [1.29, 1.82) is 0 Å². The predicted octanol–water partition coefficient (Wildman–Crippen LogP) is -2.89. The first-order valence-electron chi connectivity index (χ1n) is 4.48. The molecule has 4 nitrogen and oxygen atoms in total. The van der Waals surface area contributed by atoms with Gasteiger partial charge >= 0.3 is 29.6 Å². The molecule has 5 heteroatoms. The molecule has 0 saturated heterocycles.